The second-order valence-electron chi connectivity index (χ2n) is 5.96. The summed E-state index contributed by atoms with van der Waals surface area (Å²) in [6.45, 7) is 6.52. The minimum atomic E-state index is 0.0963. The van der Waals surface area contributed by atoms with Crippen molar-refractivity contribution in [1.29, 1.82) is 0 Å². The minimum absolute atomic E-state index is 0.0963. The first-order chi connectivity index (χ1) is 9.69. The predicted octanol–water partition coefficient (Wildman–Crippen LogP) is 4.81. The van der Waals surface area contributed by atoms with Gasteiger partial charge >= 0.3 is 0 Å². The van der Waals surface area contributed by atoms with E-state index < -0.39 is 0 Å². The Hall–Kier alpha value is -0.830. The highest BCUT2D eigenvalue weighted by Gasteiger charge is 2.13. The molecule has 3 nitrogen and oxygen atoms in total. The third-order valence-electron chi connectivity index (χ3n) is 3.94. The van der Waals surface area contributed by atoms with Crippen LogP contribution in [0.25, 0.3) is 0 Å². The molecule has 1 rings (SSSR count). The molecule has 0 radical (unpaired) electrons. The van der Waals surface area contributed by atoms with E-state index in [2.05, 4.69) is 25.8 Å². The van der Waals surface area contributed by atoms with Crippen LogP contribution in [0.1, 0.15) is 94.9 Å². The van der Waals surface area contributed by atoms with Crippen LogP contribution in [0, 0.1) is 6.92 Å². The lowest BCUT2D eigenvalue weighted by Gasteiger charge is -2.07. The summed E-state index contributed by atoms with van der Waals surface area (Å²) in [5, 5.41) is 0. The van der Waals surface area contributed by atoms with E-state index in [1.165, 1.54) is 44.9 Å². The van der Waals surface area contributed by atoms with Gasteiger partial charge in [0.2, 0.25) is 0 Å². The summed E-state index contributed by atoms with van der Waals surface area (Å²) in [7, 11) is 0. The van der Waals surface area contributed by atoms with Crippen molar-refractivity contribution >= 4 is 0 Å². The van der Waals surface area contributed by atoms with E-state index >= 15 is 0 Å². The van der Waals surface area contributed by atoms with Gasteiger partial charge in [-0.2, -0.15) is 0 Å². The number of H-pyrrole nitrogens is 1. The maximum absolute atomic E-state index is 6.16. The predicted molar refractivity (Wildman–Crippen MR) is 86.9 cm³/mol. The summed E-state index contributed by atoms with van der Waals surface area (Å²) in [4.78, 5) is 8.10. The standard InChI is InChI=1S/C17H33N3/c1-4-6-7-8-9-10-11-13-16-19-14(3)17(20-16)15(18)12-5-2/h15H,4-13,18H2,1-3H3,(H,19,20). The second-order valence-corrected chi connectivity index (χ2v) is 5.96. The molecule has 20 heavy (non-hydrogen) atoms. The molecule has 0 amide bonds. The number of nitrogens with one attached hydrogen (secondary N) is 1. The first-order valence-corrected chi connectivity index (χ1v) is 8.50. The lowest BCUT2D eigenvalue weighted by molar-refractivity contribution is 0.584. The topological polar surface area (TPSA) is 54.7 Å². The van der Waals surface area contributed by atoms with Crippen molar-refractivity contribution in [2.45, 2.75) is 91.0 Å². The van der Waals surface area contributed by atoms with Gasteiger partial charge in [0.1, 0.15) is 5.82 Å². The normalized spacial score (nSPS) is 12.8. The van der Waals surface area contributed by atoms with Crippen LogP contribution in [0.5, 0.6) is 0 Å². The molecule has 1 unspecified atom stereocenters. The van der Waals surface area contributed by atoms with Gasteiger partial charge in [0.25, 0.3) is 0 Å². The van der Waals surface area contributed by atoms with Crippen molar-refractivity contribution in [3.05, 3.63) is 17.2 Å². The number of hydrogen-bond donors (Lipinski definition) is 2. The summed E-state index contributed by atoms with van der Waals surface area (Å²) in [5.41, 5.74) is 8.39. The van der Waals surface area contributed by atoms with E-state index in [9.17, 15) is 0 Å². The molecule has 0 spiro atoms. The highest BCUT2D eigenvalue weighted by molar-refractivity contribution is 5.16. The maximum atomic E-state index is 6.16. The molecule has 0 saturated heterocycles. The number of aryl methyl sites for hydroxylation is 2. The monoisotopic (exact) mass is 279 g/mol. The Labute approximate surface area is 124 Å². The van der Waals surface area contributed by atoms with Gasteiger partial charge in [-0.05, 0) is 19.8 Å². The zero-order valence-electron chi connectivity index (χ0n) is 13.7. The molecule has 0 bridgehead atoms. The van der Waals surface area contributed by atoms with E-state index in [0.717, 1.165) is 36.5 Å². The fourth-order valence-electron chi connectivity index (χ4n) is 2.71. The summed E-state index contributed by atoms with van der Waals surface area (Å²) in [6.07, 6.45) is 12.6. The third kappa shape index (κ3) is 6.08. The number of hydrogen-bond acceptors (Lipinski definition) is 2. The maximum Gasteiger partial charge on any atom is 0.106 e. The van der Waals surface area contributed by atoms with E-state index in [-0.39, 0.29) is 6.04 Å². The number of nitrogens with zero attached hydrogens (tertiary/aromatic N) is 1. The molecule has 1 atom stereocenters. The van der Waals surface area contributed by atoms with Crippen LogP contribution in [0.15, 0.2) is 0 Å². The first-order valence-electron chi connectivity index (χ1n) is 8.50. The zero-order chi connectivity index (χ0) is 14.8. The number of imidazole rings is 1. The van der Waals surface area contributed by atoms with Crippen LogP contribution in [0.3, 0.4) is 0 Å². The van der Waals surface area contributed by atoms with Crippen molar-refractivity contribution in [3.8, 4) is 0 Å². The molecule has 116 valence electrons. The van der Waals surface area contributed by atoms with Gasteiger partial charge in [-0.15, -0.1) is 0 Å². The van der Waals surface area contributed by atoms with Crippen molar-refractivity contribution < 1.29 is 0 Å². The fourth-order valence-corrected chi connectivity index (χ4v) is 2.71. The first kappa shape index (κ1) is 17.2. The quantitative estimate of drug-likeness (QED) is 0.571. The largest absolute Gasteiger partial charge is 0.346 e. The van der Waals surface area contributed by atoms with Gasteiger partial charge in [-0.25, -0.2) is 4.98 Å². The number of aromatic amines is 1. The molecule has 0 aliphatic heterocycles. The second kappa shape index (κ2) is 9.98. The van der Waals surface area contributed by atoms with Crippen molar-refractivity contribution in [3.63, 3.8) is 0 Å². The molecule has 1 aromatic heterocycles. The Morgan fingerprint density at radius 3 is 2.30 bits per heavy atom. The summed E-state index contributed by atoms with van der Waals surface area (Å²) in [5.74, 6) is 1.12. The smallest absolute Gasteiger partial charge is 0.106 e. The lowest BCUT2D eigenvalue weighted by Crippen LogP contribution is -2.11. The molecule has 0 aliphatic carbocycles. The van der Waals surface area contributed by atoms with Gasteiger partial charge < -0.3 is 10.7 Å². The summed E-state index contributed by atoms with van der Waals surface area (Å²) in [6, 6.07) is 0.0963. The van der Waals surface area contributed by atoms with Gasteiger partial charge in [0.15, 0.2) is 0 Å². The molecule has 0 aromatic carbocycles. The average molecular weight is 279 g/mol. The Balaban J connectivity index is 2.25. The number of rotatable bonds is 11. The molecule has 1 aromatic rings. The van der Waals surface area contributed by atoms with Gasteiger partial charge in [-0.1, -0.05) is 58.8 Å². The molecular formula is C17H33N3. The molecule has 0 aliphatic rings. The highest BCUT2D eigenvalue weighted by atomic mass is 15.0. The molecule has 0 fully saturated rings. The summed E-state index contributed by atoms with van der Waals surface area (Å²) >= 11 is 0. The van der Waals surface area contributed by atoms with Crippen molar-refractivity contribution in [1.82, 2.24) is 9.97 Å². The summed E-state index contributed by atoms with van der Waals surface area (Å²) < 4.78 is 0. The molecule has 1 heterocycles. The molecule has 0 saturated carbocycles. The van der Waals surface area contributed by atoms with Crippen LogP contribution in [0.4, 0.5) is 0 Å². The third-order valence-corrected chi connectivity index (χ3v) is 3.94. The van der Waals surface area contributed by atoms with E-state index in [1.807, 2.05) is 0 Å². The lowest BCUT2D eigenvalue weighted by atomic mass is 10.1. The fraction of sp³-hybridized carbons (Fsp3) is 0.824. The van der Waals surface area contributed by atoms with Crippen LogP contribution in [-0.4, -0.2) is 9.97 Å². The van der Waals surface area contributed by atoms with E-state index in [1.54, 1.807) is 0 Å². The minimum Gasteiger partial charge on any atom is -0.346 e. The zero-order valence-corrected chi connectivity index (χ0v) is 13.7. The van der Waals surface area contributed by atoms with Crippen LogP contribution < -0.4 is 5.73 Å². The van der Waals surface area contributed by atoms with Crippen molar-refractivity contribution in [2.24, 2.45) is 5.73 Å². The van der Waals surface area contributed by atoms with Gasteiger partial charge in [-0.3, -0.25) is 0 Å². The van der Waals surface area contributed by atoms with Gasteiger partial charge in [0, 0.05) is 18.2 Å². The average Bonchev–Trinajstić information content (AvgIpc) is 2.79. The Morgan fingerprint density at radius 1 is 1.00 bits per heavy atom. The Kier molecular flexibility index (Phi) is 8.59. The molecular weight excluding hydrogens is 246 g/mol. The van der Waals surface area contributed by atoms with Crippen LogP contribution in [-0.2, 0) is 6.42 Å². The molecule has 3 N–H and O–H groups in total. The number of nitrogens with two attached hydrogens (primary N) is 1. The van der Waals surface area contributed by atoms with E-state index in [0.29, 0.717) is 0 Å². The van der Waals surface area contributed by atoms with Crippen molar-refractivity contribution in [2.75, 3.05) is 0 Å². The Bertz CT molecular complexity index is 357. The number of unbranched alkanes of at least 4 members (excludes halogenated alkanes) is 6. The number of aromatic nitrogens is 2. The SMILES string of the molecule is CCCCCCCCCc1nc(C(N)CCC)c(C)[nH]1. The van der Waals surface area contributed by atoms with Crippen LogP contribution in [0.2, 0.25) is 0 Å². The van der Waals surface area contributed by atoms with Gasteiger partial charge in [0.05, 0.1) is 5.69 Å². The molecule has 3 heteroatoms. The van der Waals surface area contributed by atoms with Crippen LogP contribution >= 0.6 is 0 Å². The highest BCUT2D eigenvalue weighted by Crippen LogP contribution is 2.18. The van der Waals surface area contributed by atoms with E-state index in [4.69, 9.17) is 10.7 Å². The Morgan fingerprint density at radius 2 is 1.65 bits per heavy atom.